The fraction of sp³-hybridized carbons (Fsp3) is 0.917. The van der Waals surface area contributed by atoms with Crippen molar-refractivity contribution in [1.29, 1.82) is 0 Å². The molecule has 1 saturated carbocycles. The lowest BCUT2D eigenvalue weighted by Crippen LogP contribution is -2.46. The van der Waals surface area contributed by atoms with Gasteiger partial charge in [-0.15, -0.1) is 0 Å². The summed E-state index contributed by atoms with van der Waals surface area (Å²) >= 11 is 0. The molecular formula is C12H20F3NO2. The molecule has 1 N–H and O–H groups in total. The Bertz CT molecular complexity index is 281. The van der Waals surface area contributed by atoms with E-state index in [-0.39, 0.29) is 25.5 Å². The Morgan fingerprint density at radius 1 is 1.44 bits per heavy atom. The highest BCUT2D eigenvalue weighted by molar-refractivity contribution is 5.75. The fourth-order valence-corrected chi connectivity index (χ4v) is 2.33. The topological polar surface area (TPSA) is 38.3 Å². The number of rotatable bonds is 4. The van der Waals surface area contributed by atoms with Crippen LogP contribution in [0.1, 0.15) is 39.5 Å². The summed E-state index contributed by atoms with van der Waals surface area (Å²) in [5.41, 5.74) is 0. The molecule has 0 spiro atoms. The molecule has 106 valence electrons. The van der Waals surface area contributed by atoms with Gasteiger partial charge in [-0.2, -0.15) is 13.2 Å². The third-order valence-corrected chi connectivity index (χ3v) is 3.26. The van der Waals surface area contributed by atoms with Gasteiger partial charge < -0.3 is 10.1 Å². The van der Waals surface area contributed by atoms with Crippen LogP contribution in [0.3, 0.4) is 0 Å². The molecule has 0 aliphatic heterocycles. The number of nitrogens with one attached hydrogen (secondary N) is 1. The monoisotopic (exact) mass is 267 g/mol. The normalized spacial score (nSPS) is 26.7. The van der Waals surface area contributed by atoms with E-state index in [0.29, 0.717) is 12.8 Å². The summed E-state index contributed by atoms with van der Waals surface area (Å²) in [6.07, 6.45) is -2.68. The Morgan fingerprint density at radius 3 is 2.67 bits per heavy atom. The lowest BCUT2D eigenvalue weighted by atomic mass is 9.85. The zero-order valence-corrected chi connectivity index (χ0v) is 10.7. The van der Waals surface area contributed by atoms with Gasteiger partial charge in [0.1, 0.15) is 6.04 Å². The molecule has 6 heteroatoms. The first-order valence-electron chi connectivity index (χ1n) is 6.34. The lowest BCUT2D eigenvalue weighted by molar-refractivity contribution is -0.184. The van der Waals surface area contributed by atoms with Crippen LogP contribution >= 0.6 is 0 Å². The maximum atomic E-state index is 12.6. The number of halogens is 3. The summed E-state index contributed by atoms with van der Waals surface area (Å²) < 4.78 is 42.7. The minimum atomic E-state index is -4.13. The smallest absolute Gasteiger partial charge is 0.391 e. The van der Waals surface area contributed by atoms with Crippen LogP contribution < -0.4 is 5.32 Å². The van der Waals surface area contributed by atoms with Crippen molar-refractivity contribution in [2.24, 2.45) is 5.92 Å². The SMILES string of the molecule is CCOC(=O)C(C)NC1CCCC(C(F)(F)F)C1. The van der Waals surface area contributed by atoms with E-state index in [0.717, 1.165) is 0 Å². The van der Waals surface area contributed by atoms with E-state index in [1.54, 1.807) is 13.8 Å². The Labute approximate surface area is 105 Å². The molecule has 0 aromatic heterocycles. The summed E-state index contributed by atoms with van der Waals surface area (Å²) in [7, 11) is 0. The van der Waals surface area contributed by atoms with Crippen molar-refractivity contribution in [2.75, 3.05) is 6.61 Å². The van der Waals surface area contributed by atoms with Gasteiger partial charge in [0, 0.05) is 6.04 Å². The fourth-order valence-electron chi connectivity index (χ4n) is 2.33. The number of carbonyl (C=O) groups is 1. The number of ether oxygens (including phenoxy) is 1. The number of esters is 1. The van der Waals surface area contributed by atoms with Gasteiger partial charge in [-0.05, 0) is 33.1 Å². The van der Waals surface area contributed by atoms with Gasteiger partial charge in [0.2, 0.25) is 0 Å². The molecular weight excluding hydrogens is 247 g/mol. The van der Waals surface area contributed by atoms with Crippen LogP contribution in [-0.4, -0.2) is 30.8 Å². The van der Waals surface area contributed by atoms with Crippen molar-refractivity contribution in [3.05, 3.63) is 0 Å². The van der Waals surface area contributed by atoms with E-state index in [2.05, 4.69) is 5.32 Å². The molecule has 3 atom stereocenters. The molecule has 1 fully saturated rings. The van der Waals surface area contributed by atoms with Crippen LogP contribution in [0.15, 0.2) is 0 Å². The van der Waals surface area contributed by atoms with Crippen molar-refractivity contribution in [3.8, 4) is 0 Å². The number of alkyl halides is 3. The maximum Gasteiger partial charge on any atom is 0.391 e. The molecule has 0 aromatic rings. The van der Waals surface area contributed by atoms with Crippen LogP contribution in [0.2, 0.25) is 0 Å². The third-order valence-electron chi connectivity index (χ3n) is 3.26. The molecule has 0 radical (unpaired) electrons. The van der Waals surface area contributed by atoms with Crippen LogP contribution in [0.5, 0.6) is 0 Å². The standard InChI is InChI=1S/C12H20F3NO2/c1-3-18-11(17)8(2)16-10-6-4-5-9(7-10)12(13,14)15/h8-10,16H,3-7H2,1-2H3. The molecule has 1 aliphatic carbocycles. The van der Waals surface area contributed by atoms with Crippen molar-refractivity contribution >= 4 is 5.97 Å². The summed E-state index contributed by atoms with van der Waals surface area (Å²) in [5, 5.41) is 2.93. The zero-order valence-electron chi connectivity index (χ0n) is 10.7. The summed E-state index contributed by atoms with van der Waals surface area (Å²) in [5.74, 6) is -1.66. The van der Waals surface area contributed by atoms with E-state index in [1.807, 2.05) is 0 Å². The van der Waals surface area contributed by atoms with E-state index in [9.17, 15) is 18.0 Å². The second kappa shape index (κ2) is 6.41. The van der Waals surface area contributed by atoms with Gasteiger partial charge in [-0.25, -0.2) is 0 Å². The summed E-state index contributed by atoms with van der Waals surface area (Å²) in [6.45, 7) is 3.60. The first-order chi connectivity index (χ1) is 8.34. The molecule has 0 amide bonds. The van der Waals surface area contributed by atoms with E-state index >= 15 is 0 Å². The third kappa shape index (κ3) is 4.48. The van der Waals surface area contributed by atoms with Gasteiger partial charge in [0.15, 0.2) is 0 Å². The predicted octanol–water partition coefficient (Wildman–Crippen LogP) is 2.65. The Kier molecular flexibility index (Phi) is 5.44. The van der Waals surface area contributed by atoms with Gasteiger partial charge in [0.25, 0.3) is 0 Å². The van der Waals surface area contributed by atoms with Gasteiger partial charge in [-0.1, -0.05) is 6.42 Å². The highest BCUT2D eigenvalue weighted by Crippen LogP contribution is 2.37. The molecule has 0 bridgehead atoms. The Hall–Kier alpha value is -0.780. The first kappa shape index (κ1) is 15.3. The molecule has 0 aromatic carbocycles. The van der Waals surface area contributed by atoms with Crippen molar-refractivity contribution in [2.45, 2.75) is 57.8 Å². The lowest BCUT2D eigenvalue weighted by Gasteiger charge is -2.32. The van der Waals surface area contributed by atoms with E-state index < -0.39 is 24.1 Å². The minimum Gasteiger partial charge on any atom is -0.465 e. The summed E-state index contributed by atoms with van der Waals surface area (Å²) in [6, 6.07) is -0.813. The average molecular weight is 267 g/mol. The molecule has 1 aliphatic rings. The molecule has 18 heavy (non-hydrogen) atoms. The second-order valence-electron chi connectivity index (χ2n) is 4.74. The highest BCUT2D eigenvalue weighted by Gasteiger charge is 2.42. The Morgan fingerprint density at radius 2 is 2.11 bits per heavy atom. The largest absolute Gasteiger partial charge is 0.465 e. The molecule has 1 rings (SSSR count). The minimum absolute atomic E-state index is 0.0489. The average Bonchev–Trinajstić information content (AvgIpc) is 2.28. The van der Waals surface area contributed by atoms with Crippen LogP contribution in [0.25, 0.3) is 0 Å². The first-order valence-corrected chi connectivity index (χ1v) is 6.34. The zero-order chi connectivity index (χ0) is 13.8. The number of hydrogen-bond acceptors (Lipinski definition) is 3. The van der Waals surface area contributed by atoms with Crippen LogP contribution in [0, 0.1) is 5.92 Å². The van der Waals surface area contributed by atoms with Gasteiger partial charge in [-0.3, -0.25) is 4.79 Å². The van der Waals surface area contributed by atoms with Crippen LogP contribution in [0.4, 0.5) is 13.2 Å². The second-order valence-corrected chi connectivity index (χ2v) is 4.74. The van der Waals surface area contributed by atoms with Gasteiger partial charge in [0.05, 0.1) is 12.5 Å². The van der Waals surface area contributed by atoms with E-state index in [4.69, 9.17) is 4.74 Å². The van der Waals surface area contributed by atoms with Crippen molar-refractivity contribution < 1.29 is 22.7 Å². The molecule has 3 unspecified atom stereocenters. The molecule has 3 nitrogen and oxygen atoms in total. The van der Waals surface area contributed by atoms with E-state index in [1.165, 1.54) is 0 Å². The molecule has 0 saturated heterocycles. The van der Waals surface area contributed by atoms with Crippen LogP contribution in [-0.2, 0) is 9.53 Å². The quantitative estimate of drug-likeness (QED) is 0.796. The maximum absolute atomic E-state index is 12.6. The Balaban J connectivity index is 2.45. The predicted molar refractivity (Wildman–Crippen MR) is 61.0 cm³/mol. The summed E-state index contributed by atoms with van der Waals surface area (Å²) in [4.78, 5) is 11.4. The number of hydrogen-bond donors (Lipinski definition) is 1. The van der Waals surface area contributed by atoms with Crippen molar-refractivity contribution in [1.82, 2.24) is 5.32 Å². The van der Waals surface area contributed by atoms with Gasteiger partial charge >= 0.3 is 12.1 Å². The highest BCUT2D eigenvalue weighted by atomic mass is 19.4. The number of carbonyl (C=O) groups excluding carboxylic acids is 1. The van der Waals surface area contributed by atoms with Crippen molar-refractivity contribution in [3.63, 3.8) is 0 Å². The molecule has 0 heterocycles.